The lowest BCUT2D eigenvalue weighted by Gasteiger charge is -2.14. The van der Waals surface area contributed by atoms with Crippen molar-refractivity contribution in [1.29, 1.82) is 0 Å². The van der Waals surface area contributed by atoms with Gasteiger partial charge in [-0.1, -0.05) is 13.0 Å². The molecule has 0 bridgehead atoms. The maximum absolute atomic E-state index is 13.9. The largest absolute Gasteiger partial charge is 0.493 e. The number of hydrogen-bond acceptors (Lipinski definition) is 3. The van der Waals surface area contributed by atoms with E-state index in [1.54, 1.807) is 19.2 Å². The van der Waals surface area contributed by atoms with Crippen LogP contribution in [0.2, 0.25) is 0 Å². The Bertz CT molecular complexity index is 358. The van der Waals surface area contributed by atoms with Crippen molar-refractivity contribution in [3.8, 4) is 5.75 Å². The first-order valence-corrected chi connectivity index (χ1v) is 6.33. The van der Waals surface area contributed by atoms with Gasteiger partial charge in [0, 0.05) is 37.8 Å². The molecule has 1 aromatic carbocycles. The standard InChI is InChI=1S/C14H22FNO2/c1-4-16-11(2)13-7-6-12(10-14(13)15)18-9-5-8-17-3/h6-7,10-11,16H,4-5,8-9H2,1-3H3. The van der Waals surface area contributed by atoms with Crippen molar-refractivity contribution >= 4 is 0 Å². The van der Waals surface area contributed by atoms with Crippen LogP contribution in [0, 0.1) is 5.82 Å². The minimum Gasteiger partial charge on any atom is -0.493 e. The van der Waals surface area contributed by atoms with Crippen LogP contribution in [-0.4, -0.2) is 26.9 Å². The van der Waals surface area contributed by atoms with Crippen LogP contribution in [0.3, 0.4) is 0 Å². The number of rotatable bonds is 8. The van der Waals surface area contributed by atoms with Gasteiger partial charge in [-0.2, -0.15) is 0 Å². The molecule has 0 aliphatic carbocycles. The topological polar surface area (TPSA) is 30.5 Å². The molecule has 18 heavy (non-hydrogen) atoms. The first-order chi connectivity index (χ1) is 8.69. The van der Waals surface area contributed by atoms with Crippen molar-refractivity contribution in [2.45, 2.75) is 26.3 Å². The van der Waals surface area contributed by atoms with Crippen molar-refractivity contribution in [2.75, 3.05) is 26.9 Å². The third-order valence-corrected chi connectivity index (χ3v) is 2.71. The van der Waals surface area contributed by atoms with Crippen molar-refractivity contribution in [1.82, 2.24) is 5.32 Å². The number of halogens is 1. The maximum atomic E-state index is 13.9. The summed E-state index contributed by atoms with van der Waals surface area (Å²) >= 11 is 0. The lowest BCUT2D eigenvalue weighted by atomic mass is 10.1. The summed E-state index contributed by atoms with van der Waals surface area (Å²) in [6.07, 6.45) is 0.799. The van der Waals surface area contributed by atoms with Crippen LogP contribution in [0.25, 0.3) is 0 Å². The van der Waals surface area contributed by atoms with Crippen molar-refractivity contribution in [2.24, 2.45) is 0 Å². The Balaban J connectivity index is 2.56. The third-order valence-electron chi connectivity index (χ3n) is 2.71. The van der Waals surface area contributed by atoms with Gasteiger partial charge in [-0.25, -0.2) is 4.39 Å². The summed E-state index contributed by atoms with van der Waals surface area (Å²) in [7, 11) is 1.65. The summed E-state index contributed by atoms with van der Waals surface area (Å²) in [4.78, 5) is 0. The molecule has 4 heteroatoms. The summed E-state index contributed by atoms with van der Waals surface area (Å²) in [6.45, 7) is 5.95. The molecule has 0 heterocycles. The summed E-state index contributed by atoms with van der Waals surface area (Å²) < 4.78 is 24.2. The molecule has 0 saturated carbocycles. The molecule has 3 nitrogen and oxygen atoms in total. The van der Waals surface area contributed by atoms with Gasteiger partial charge in [0.15, 0.2) is 0 Å². The van der Waals surface area contributed by atoms with Gasteiger partial charge in [0.2, 0.25) is 0 Å². The van der Waals surface area contributed by atoms with Gasteiger partial charge in [0.25, 0.3) is 0 Å². The van der Waals surface area contributed by atoms with E-state index in [1.165, 1.54) is 6.07 Å². The second-order valence-corrected chi connectivity index (χ2v) is 4.16. The zero-order chi connectivity index (χ0) is 13.4. The quantitative estimate of drug-likeness (QED) is 0.724. The zero-order valence-corrected chi connectivity index (χ0v) is 11.3. The van der Waals surface area contributed by atoms with E-state index >= 15 is 0 Å². The van der Waals surface area contributed by atoms with E-state index in [2.05, 4.69) is 5.32 Å². The Morgan fingerprint density at radius 1 is 1.33 bits per heavy atom. The second kappa shape index (κ2) is 8.06. The fraction of sp³-hybridized carbons (Fsp3) is 0.571. The summed E-state index contributed by atoms with van der Waals surface area (Å²) in [5, 5.41) is 3.18. The lowest BCUT2D eigenvalue weighted by Crippen LogP contribution is -2.18. The molecule has 0 saturated heterocycles. The average Bonchev–Trinajstić information content (AvgIpc) is 2.35. The number of benzene rings is 1. The van der Waals surface area contributed by atoms with E-state index in [9.17, 15) is 4.39 Å². The van der Waals surface area contributed by atoms with E-state index < -0.39 is 0 Å². The van der Waals surface area contributed by atoms with Gasteiger partial charge in [0.05, 0.1) is 6.61 Å². The minimum atomic E-state index is -0.229. The highest BCUT2D eigenvalue weighted by atomic mass is 19.1. The van der Waals surface area contributed by atoms with Gasteiger partial charge in [-0.15, -0.1) is 0 Å². The summed E-state index contributed by atoms with van der Waals surface area (Å²) in [5.41, 5.74) is 0.668. The highest BCUT2D eigenvalue weighted by molar-refractivity contribution is 5.30. The van der Waals surface area contributed by atoms with Crippen LogP contribution in [0.1, 0.15) is 31.9 Å². The summed E-state index contributed by atoms with van der Waals surface area (Å²) in [5.74, 6) is 0.337. The number of ether oxygens (including phenoxy) is 2. The van der Waals surface area contributed by atoms with Crippen LogP contribution in [-0.2, 0) is 4.74 Å². The van der Waals surface area contributed by atoms with Gasteiger partial charge < -0.3 is 14.8 Å². The molecular formula is C14H22FNO2. The first kappa shape index (κ1) is 14.9. The maximum Gasteiger partial charge on any atom is 0.131 e. The fourth-order valence-electron chi connectivity index (χ4n) is 1.76. The first-order valence-electron chi connectivity index (χ1n) is 6.33. The lowest BCUT2D eigenvalue weighted by molar-refractivity contribution is 0.172. The molecule has 0 fully saturated rings. The van der Waals surface area contributed by atoms with Crippen LogP contribution in [0.15, 0.2) is 18.2 Å². The zero-order valence-electron chi connectivity index (χ0n) is 11.3. The number of methoxy groups -OCH3 is 1. The fourth-order valence-corrected chi connectivity index (χ4v) is 1.76. The molecule has 0 aromatic heterocycles. The molecule has 0 amide bonds. The van der Waals surface area contributed by atoms with Gasteiger partial charge in [-0.05, 0) is 19.5 Å². The molecule has 1 N–H and O–H groups in total. The minimum absolute atomic E-state index is 0.0116. The molecule has 0 aliphatic heterocycles. The smallest absolute Gasteiger partial charge is 0.131 e. The second-order valence-electron chi connectivity index (χ2n) is 4.16. The normalized spacial score (nSPS) is 12.4. The molecule has 0 aliphatic rings. The SMILES string of the molecule is CCNC(C)c1ccc(OCCCOC)cc1F. The molecule has 1 rings (SSSR count). The van der Waals surface area contributed by atoms with E-state index in [0.29, 0.717) is 24.5 Å². The molecule has 102 valence electrons. The van der Waals surface area contributed by atoms with Crippen LogP contribution in [0.4, 0.5) is 4.39 Å². The molecular weight excluding hydrogens is 233 g/mol. The Kier molecular flexibility index (Phi) is 6.68. The van der Waals surface area contributed by atoms with Crippen LogP contribution < -0.4 is 10.1 Å². The highest BCUT2D eigenvalue weighted by Gasteiger charge is 2.10. The predicted molar refractivity (Wildman–Crippen MR) is 70.5 cm³/mol. The Labute approximate surface area is 108 Å². The van der Waals surface area contributed by atoms with E-state index in [4.69, 9.17) is 9.47 Å². The average molecular weight is 255 g/mol. The van der Waals surface area contributed by atoms with Gasteiger partial charge >= 0.3 is 0 Å². The Morgan fingerprint density at radius 3 is 2.72 bits per heavy atom. The van der Waals surface area contributed by atoms with Gasteiger partial charge in [0.1, 0.15) is 11.6 Å². The van der Waals surface area contributed by atoms with E-state index in [1.807, 2.05) is 13.8 Å². The van der Waals surface area contributed by atoms with Crippen LogP contribution in [0.5, 0.6) is 5.75 Å². The van der Waals surface area contributed by atoms with E-state index in [0.717, 1.165) is 13.0 Å². The monoisotopic (exact) mass is 255 g/mol. The molecule has 0 spiro atoms. The van der Waals surface area contributed by atoms with Gasteiger partial charge in [-0.3, -0.25) is 0 Å². The van der Waals surface area contributed by atoms with E-state index in [-0.39, 0.29) is 11.9 Å². The predicted octanol–water partition coefficient (Wildman–Crippen LogP) is 2.91. The van der Waals surface area contributed by atoms with Crippen molar-refractivity contribution < 1.29 is 13.9 Å². The molecule has 1 atom stereocenters. The number of hydrogen-bond donors (Lipinski definition) is 1. The molecule has 0 radical (unpaired) electrons. The Morgan fingerprint density at radius 2 is 2.11 bits per heavy atom. The third kappa shape index (κ3) is 4.63. The van der Waals surface area contributed by atoms with Crippen molar-refractivity contribution in [3.63, 3.8) is 0 Å². The molecule has 1 aromatic rings. The Hall–Kier alpha value is -1.13. The molecule has 1 unspecified atom stereocenters. The van der Waals surface area contributed by atoms with Crippen LogP contribution >= 0.6 is 0 Å². The van der Waals surface area contributed by atoms with Crippen molar-refractivity contribution in [3.05, 3.63) is 29.6 Å². The number of nitrogens with one attached hydrogen (secondary N) is 1. The summed E-state index contributed by atoms with van der Waals surface area (Å²) in [6, 6.07) is 5.03. The highest BCUT2D eigenvalue weighted by Crippen LogP contribution is 2.21.